The van der Waals surface area contributed by atoms with Crippen LogP contribution in [0.2, 0.25) is 0 Å². The van der Waals surface area contributed by atoms with E-state index < -0.39 is 0 Å². The van der Waals surface area contributed by atoms with Gasteiger partial charge in [-0.05, 0) is 19.3 Å². The van der Waals surface area contributed by atoms with Gasteiger partial charge in [-0.3, -0.25) is 4.79 Å². The summed E-state index contributed by atoms with van der Waals surface area (Å²) < 4.78 is 0. The van der Waals surface area contributed by atoms with Gasteiger partial charge in [0.2, 0.25) is 0 Å². The lowest BCUT2D eigenvalue weighted by molar-refractivity contribution is -0.118. The summed E-state index contributed by atoms with van der Waals surface area (Å²) in [4.78, 5) is 11.2. The Morgan fingerprint density at radius 1 is 1.50 bits per heavy atom. The van der Waals surface area contributed by atoms with Crippen LogP contribution in [0, 0.1) is 11.3 Å². The second-order valence-corrected chi connectivity index (χ2v) is 3.83. The summed E-state index contributed by atoms with van der Waals surface area (Å²) in [5.74, 6) is 1.06. The molecule has 0 radical (unpaired) electrons. The molecule has 0 aromatic rings. The number of carbonyl (C=O) groups excluding carboxylic acids is 1. The van der Waals surface area contributed by atoms with Crippen LogP contribution >= 0.6 is 0 Å². The Morgan fingerprint density at radius 3 is 2.58 bits per heavy atom. The van der Waals surface area contributed by atoms with Crippen LogP contribution in [-0.4, -0.2) is 11.5 Å². The van der Waals surface area contributed by atoms with Crippen molar-refractivity contribution in [2.45, 2.75) is 45.4 Å². The number of ketones is 1. The van der Waals surface area contributed by atoms with Crippen LogP contribution in [0.1, 0.15) is 45.4 Å². The topological polar surface area (TPSA) is 40.9 Å². The zero-order chi connectivity index (χ0) is 8.97. The molecule has 68 valence electrons. The highest BCUT2D eigenvalue weighted by Crippen LogP contribution is 2.30. The first-order valence-corrected chi connectivity index (χ1v) is 4.74. The predicted octanol–water partition coefficient (Wildman–Crippen LogP) is 2.57. The van der Waals surface area contributed by atoms with E-state index in [1.165, 1.54) is 19.3 Å². The predicted molar refractivity (Wildman–Crippen MR) is 49.6 cm³/mol. The van der Waals surface area contributed by atoms with Crippen molar-refractivity contribution in [1.29, 1.82) is 5.41 Å². The highest BCUT2D eigenvalue weighted by atomic mass is 16.1. The minimum Gasteiger partial charge on any atom is -0.310 e. The Kier molecular flexibility index (Phi) is 3.45. The molecular formula is C10H17NO. The van der Waals surface area contributed by atoms with Gasteiger partial charge in [0.25, 0.3) is 0 Å². The maximum atomic E-state index is 11.2. The molecule has 2 heteroatoms. The van der Waals surface area contributed by atoms with Gasteiger partial charge in [-0.2, -0.15) is 0 Å². The van der Waals surface area contributed by atoms with E-state index in [9.17, 15) is 4.79 Å². The van der Waals surface area contributed by atoms with Gasteiger partial charge in [0.1, 0.15) is 5.78 Å². The zero-order valence-electron chi connectivity index (χ0n) is 7.73. The molecule has 0 saturated heterocycles. The van der Waals surface area contributed by atoms with Gasteiger partial charge in [-0.1, -0.05) is 19.3 Å². The maximum Gasteiger partial charge on any atom is 0.138 e. The van der Waals surface area contributed by atoms with Gasteiger partial charge in [0.15, 0.2) is 0 Å². The van der Waals surface area contributed by atoms with Gasteiger partial charge in [0.05, 0.1) is 0 Å². The van der Waals surface area contributed by atoms with Crippen molar-refractivity contribution in [3.8, 4) is 0 Å². The first-order chi connectivity index (χ1) is 5.68. The standard InChI is InChI=1S/C10H17NO/c1-8(11)7-10(12)6-5-9-3-2-4-9/h9,11H,2-7H2,1H3. The summed E-state index contributed by atoms with van der Waals surface area (Å²) in [5, 5.41) is 7.15. The lowest BCUT2D eigenvalue weighted by Crippen LogP contribution is -2.13. The molecule has 1 rings (SSSR count). The summed E-state index contributed by atoms with van der Waals surface area (Å²) >= 11 is 0. The number of rotatable bonds is 5. The van der Waals surface area contributed by atoms with Crippen molar-refractivity contribution in [3.63, 3.8) is 0 Å². The number of hydrogen-bond acceptors (Lipinski definition) is 2. The van der Waals surface area contributed by atoms with E-state index in [1.807, 2.05) is 0 Å². The Morgan fingerprint density at radius 2 is 2.17 bits per heavy atom. The second kappa shape index (κ2) is 4.39. The van der Waals surface area contributed by atoms with E-state index in [0.717, 1.165) is 12.3 Å². The van der Waals surface area contributed by atoms with Gasteiger partial charge < -0.3 is 5.41 Å². The number of hydrogen-bond donors (Lipinski definition) is 1. The molecule has 0 aromatic carbocycles. The van der Waals surface area contributed by atoms with Crippen molar-refractivity contribution in [3.05, 3.63) is 0 Å². The number of nitrogens with one attached hydrogen (secondary N) is 1. The number of carbonyl (C=O) groups is 1. The average Bonchev–Trinajstić information content (AvgIpc) is 1.81. The smallest absolute Gasteiger partial charge is 0.138 e. The van der Waals surface area contributed by atoms with Crippen LogP contribution in [0.5, 0.6) is 0 Å². The average molecular weight is 167 g/mol. The molecule has 0 aliphatic heterocycles. The molecule has 2 nitrogen and oxygen atoms in total. The lowest BCUT2D eigenvalue weighted by atomic mass is 9.81. The summed E-state index contributed by atoms with van der Waals surface area (Å²) in [6.45, 7) is 1.70. The Labute approximate surface area is 73.9 Å². The third-order valence-electron chi connectivity index (χ3n) is 2.52. The fourth-order valence-electron chi connectivity index (χ4n) is 1.53. The molecule has 0 unspecified atom stereocenters. The Bertz CT molecular complexity index is 182. The summed E-state index contributed by atoms with van der Waals surface area (Å²) in [6.07, 6.45) is 6.11. The summed E-state index contributed by atoms with van der Waals surface area (Å²) in [6, 6.07) is 0. The van der Waals surface area contributed by atoms with Crippen LogP contribution in [-0.2, 0) is 4.79 Å². The molecule has 0 amide bonds. The maximum absolute atomic E-state index is 11.2. The molecule has 0 atom stereocenters. The van der Waals surface area contributed by atoms with Gasteiger partial charge in [0, 0.05) is 18.6 Å². The van der Waals surface area contributed by atoms with E-state index >= 15 is 0 Å². The third kappa shape index (κ3) is 3.16. The van der Waals surface area contributed by atoms with E-state index in [1.54, 1.807) is 6.92 Å². The van der Waals surface area contributed by atoms with Crippen molar-refractivity contribution >= 4 is 11.5 Å². The molecule has 0 aromatic heterocycles. The lowest BCUT2D eigenvalue weighted by Gasteiger charge is -2.24. The van der Waals surface area contributed by atoms with Crippen LogP contribution in [0.3, 0.4) is 0 Å². The van der Waals surface area contributed by atoms with E-state index in [-0.39, 0.29) is 5.78 Å². The van der Waals surface area contributed by atoms with Crippen LogP contribution in [0.15, 0.2) is 0 Å². The first kappa shape index (κ1) is 9.43. The molecule has 1 saturated carbocycles. The molecule has 1 fully saturated rings. The van der Waals surface area contributed by atoms with E-state index in [4.69, 9.17) is 5.41 Å². The largest absolute Gasteiger partial charge is 0.310 e. The molecule has 0 bridgehead atoms. The Balaban J connectivity index is 2.05. The summed E-state index contributed by atoms with van der Waals surface area (Å²) in [5.41, 5.74) is 0.494. The molecule has 1 aliphatic rings. The van der Waals surface area contributed by atoms with Crippen molar-refractivity contribution in [1.82, 2.24) is 0 Å². The van der Waals surface area contributed by atoms with Crippen molar-refractivity contribution < 1.29 is 4.79 Å². The van der Waals surface area contributed by atoms with Crippen molar-refractivity contribution in [2.75, 3.05) is 0 Å². The van der Waals surface area contributed by atoms with Gasteiger partial charge >= 0.3 is 0 Å². The highest BCUT2D eigenvalue weighted by Gasteiger charge is 2.18. The fraction of sp³-hybridized carbons (Fsp3) is 0.800. The van der Waals surface area contributed by atoms with Crippen LogP contribution in [0.4, 0.5) is 0 Å². The molecule has 0 spiro atoms. The molecule has 1 aliphatic carbocycles. The molecular weight excluding hydrogens is 150 g/mol. The van der Waals surface area contributed by atoms with Crippen molar-refractivity contribution in [2.24, 2.45) is 5.92 Å². The van der Waals surface area contributed by atoms with E-state index in [0.29, 0.717) is 18.6 Å². The van der Waals surface area contributed by atoms with Crippen LogP contribution in [0.25, 0.3) is 0 Å². The molecule has 1 N–H and O–H groups in total. The normalized spacial score (nSPS) is 17.1. The third-order valence-corrected chi connectivity index (χ3v) is 2.52. The highest BCUT2D eigenvalue weighted by molar-refractivity contribution is 5.99. The van der Waals surface area contributed by atoms with Gasteiger partial charge in [-0.15, -0.1) is 0 Å². The monoisotopic (exact) mass is 167 g/mol. The quantitative estimate of drug-likeness (QED) is 0.628. The Hall–Kier alpha value is -0.660. The minimum absolute atomic E-state index is 0.245. The van der Waals surface area contributed by atoms with Crippen LogP contribution < -0.4 is 0 Å². The first-order valence-electron chi connectivity index (χ1n) is 4.74. The molecule has 0 heterocycles. The fourth-order valence-corrected chi connectivity index (χ4v) is 1.53. The van der Waals surface area contributed by atoms with E-state index in [2.05, 4.69) is 0 Å². The summed E-state index contributed by atoms with van der Waals surface area (Å²) in [7, 11) is 0. The van der Waals surface area contributed by atoms with Gasteiger partial charge in [-0.25, -0.2) is 0 Å². The second-order valence-electron chi connectivity index (χ2n) is 3.83. The SMILES string of the molecule is CC(=N)CC(=O)CCC1CCC1. The minimum atomic E-state index is 0.245. The molecule has 12 heavy (non-hydrogen) atoms. The zero-order valence-corrected chi connectivity index (χ0v) is 7.73. The number of Topliss-reactive ketones (excluding diaryl/α,β-unsaturated/α-hetero) is 1.